The Morgan fingerprint density at radius 3 is 2.18 bits per heavy atom. The maximum Gasteiger partial charge on any atom is 0.419 e. The van der Waals surface area contributed by atoms with E-state index in [1.165, 1.54) is 57.2 Å². The van der Waals surface area contributed by atoms with E-state index in [2.05, 4.69) is 41.6 Å². The largest absolute Gasteiger partial charge is 0.419 e. The van der Waals surface area contributed by atoms with E-state index in [9.17, 15) is 22.0 Å². The van der Waals surface area contributed by atoms with Crippen molar-refractivity contribution in [2.75, 3.05) is 17.7 Å². The smallest absolute Gasteiger partial charge is 0.386 e. The second-order valence-electron chi connectivity index (χ2n) is 9.34. The van der Waals surface area contributed by atoms with Gasteiger partial charge in [-0.1, -0.05) is 78.9 Å². The van der Waals surface area contributed by atoms with Crippen molar-refractivity contribution in [3.63, 3.8) is 0 Å². The number of nitrogens with zero attached hydrogens (tertiary/aromatic N) is 2. The van der Waals surface area contributed by atoms with E-state index in [1.807, 2.05) is 13.8 Å². The quantitative estimate of drug-likeness (QED) is 0.204. The Morgan fingerprint density at radius 2 is 1.62 bits per heavy atom. The van der Waals surface area contributed by atoms with E-state index in [4.69, 9.17) is 0 Å². The van der Waals surface area contributed by atoms with Crippen LogP contribution in [0, 0.1) is 24.5 Å². The van der Waals surface area contributed by atoms with Gasteiger partial charge in [0.2, 0.25) is 0 Å². The number of aryl methyl sites for hydroxylation is 1. The minimum Gasteiger partial charge on any atom is -0.386 e. The van der Waals surface area contributed by atoms with Crippen LogP contribution in [0.2, 0.25) is 0 Å². The number of hydrogen-bond donors (Lipinski definition) is 2. The van der Waals surface area contributed by atoms with Gasteiger partial charge in [-0.15, -0.1) is 5.10 Å². The van der Waals surface area contributed by atoms with Crippen molar-refractivity contribution in [2.24, 2.45) is 5.92 Å². The highest BCUT2D eigenvalue weighted by molar-refractivity contribution is 5.95. The van der Waals surface area contributed by atoms with Gasteiger partial charge in [0.25, 0.3) is 0 Å². The Bertz CT molecular complexity index is 1160. The van der Waals surface area contributed by atoms with Crippen LogP contribution in [-0.4, -0.2) is 17.2 Å². The molecule has 218 valence electrons. The standard InChI is InChI=1S/C19H17F5N4.C9H20.C2H6/c1-9(11-5-4-6-14(17(11)21)19(22,23)24)26-18-13-8-16(25-3)15(20)7-12(13)10(2)27-28-18;1-4-6-7-8-9(3)5-2;1-2/h4-9,25H,1-3H3,(H,26,28);9H,4-8H2,1-3H3;1-2H3/t9-;;/m1../s1. The second kappa shape index (κ2) is 16.2. The fourth-order valence-corrected chi connectivity index (χ4v) is 3.93. The summed E-state index contributed by atoms with van der Waals surface area (Å²) in [5.74, 6) is -0.659. The number of hydrogen-bond acceptors (Lipinski definition) is 4. The molecule has 0 aliphatic heterocycles. The molecule has 3 aromatic rings. The van der Waals surface area contributed by atoms with Gasteiger partial charge in [-0.2, -0.15) is 18.3 Å². The first-order chi connectivity index (χ1) is 18.4. The van der Waals surface area contributed by atoms with Crippen LogP contribution in [0.1, 0.15) is 96.5 Å². The Hall–Kier alpha value is -2.97. The number of unbranched alkanes of at least 4 members (excludes halogenated alkanes) is 2. The first kappa shape index (κ1) is 34.1. The molecule has 2 atom stereocenters. The minimum absolute atomic E-state index is 0.165. The lowest BCUT2D eigenvalue weighted by Gasteiger charge is -2.19. The van der Waals surface area contributed by atoms with Gasteiger partial charge in [-0.3, -0.25) is 0 Å². The van der Waals surface area contributed by atoms with E-state index in [1.54, 1.807) is 14.0 Å². The molecule has 0 saturated heterocycles. The van der Waals surface area contributed by atoms with Crippen LogP contribution < -0.4 is 10.6 Å². The van der Waals surface area contributed by atoms with Crippen molar-refractivity contribution >= 4 is 22.3 Å². The van der Waals surface area contributed by atoms with Crippen LogP contribution in [-0.2, 0) is 6.18 Å². The molecule has 2 N–H and O–H groups in total. The third kappa shape index (κ3) is 9.62. The molecule has 1 aromatic heterocycles. The van der Waals surface area contributed by atoms with Gasteiger partial charge in [-0.05, 0) is 38.0 Å². The molecule has 39 heavy (non-hydrogen) atoms. The number of alkyl halides is 3. The summed E-state index contributed by atoms with van der Waals surface area (Å²) in [6.07, 6.45) is 2.20. The van der Waals surface area contributed by atoms with Crippen molar-refractivity contribution in [1.82, 2.24) is 10.2 Å². The lowest BCUT2D eigenvalue weighted by atomic mass is 10.0. The highest BCUT2D eigenvalue weighted by atomic mass is 19.4. The van der Waals surface area contributed by atoms with Crippen LogP contribution in [0.3, 0.4) is 0 Å². The molecule has 4 nitrogen and oxygen atoms in total. The van der Waals surface area contributed by atoms with Gasteiger partial charge in [0, 0.05) is 23.4 Å². The zero-order valence-electron chi connectivity index (χ0n) is 24.4. The van der Waals surface area contributed by atoms with Gasteiger partial charge in [0.1, 0.15) is 11.6 Å². The summed E-state index contributed by atoms with van der Waals surface area (Å²) in [6, 6.07) is 5.08. The van der Waals surface area contributed by atoms with Gasteiger partial charge in [0.05, 0.1) is 23.0 Å². The third-order valence-corrected chi connectivity index (χ3v) is 6.47. The SMILES string of the molecule is CC.CCCCCC(C)CC.CNc1cc2c(N[C@H](C)c3cccc(C(F)(F)F)c3F)nnc(C)c2cc1F. The third-order valence-electron chi connectivity index (χ3n) is 6.47. The van der Waals surface area contributed by atoms with Crippen molar-refractivity contribution in [2.45, 2.75) is 92.8 Å². The highest BCUT2D eigenvalue weighted by Crippen LogP contribution is 2.35. The summed E-state index contributed by atoms with van der Waals surface area (Å²) in [7, 11) is 1.56. The monoisotopic (exact) mass is 554 g/mol. The highest BCUT2D eigenvalue weighted by Gasteiger charge is 2.35. The Labute approximate surface area is 229 Å². The molecule has 0 bridgehead atoms. The van der Waals surface area contributed by atoms with Crippen molar-refractivity contribution in [1.29, 1.82) is 0 Å². The number of halogens is 5. The summed E-state index contributed by atoms with van der Waals surface area (Å²) < 4.78 is 67.4. The Balaban J connectivity index is 0.000000589. The molecule has 0 fully saturated rings. The second-order valence-corrected chi connectivity index (χ2v) is 9.34. The van der Waals surface area contributed by atoms with E-state index >= 15 is 0 Å². The number of nitrogens with one attached hydrogen (secondary N) is 2. The summed E-state index contributed by atoms with van der Waals surface area (Å²) in [5, 5.41) is 14.6. The van der Waals surface area contributed by atoms with Gasteiger partial charge >= 0.3 is 6.18 Å². The molecule has 9 heteroatoms. The van der Waals surface area contributed by atoms with E-state index in [0.29, 0.717) is 22.5 Å². The van der Waals surface area contributed by atoms with Crippen LogP contribution >= 0.6 is 0 Å². The maximum absolute atomic E-state index is 14.4. The van der Waals surface area contributed by atoms with Crippen LogP contribution in [0.25, 0.3) is 10.8 Å². The number of anilines is 2. The molecule has 2 aromatic carbocycles. The van der Waals surface area contributed by atoms with E-state index in [-0.39, 0.29) is 17.1 Å². The topological polar surface area (TPSA) is 49.8 Å². The summed E-state index contributed by atoms with van der Waals surface area (Å²) in [5.41, 5.74) is -0.791. The summed E-state index contributed by atoms with van der Waals surface area (Å²) in [6.45, 7) is 14.0. The zero-order chi connectivity index (χ0) is 29.8. The molecule has 0 aliphatic rings. The Kier molecular flexibility index (Phi) is 14.2. The molecule has 1 heterocycles. The molecule has 0 amide bonds. The van der Waals surface area contributed by atoms with E-state index < -0.39 is 29.4 Å². The predicted octanol–water partition coefficient (Wildman–Crippen LogP) is 10.1. The normalized spacial score (nSPS) is 12.5. The first-order valence-corrected chi connectivity index (χ1v) is 13.7. The van der Waals surface area contributed by atoms with Crippen molar-refractivity contribution in [3.05, 3.63) is 58.8 Å². The summed E-state index contributed by atoms with van der Waals surface area (Å²) >= 11 is 0. The van der Waals surface area contributed by atoms with Gasteiger partial charge < -0.3 is 10.6 Å². The Morgan fingerprint density at radius 1 is 0.949 bits per heavy atom. The first-order valence-electron chi connectivity index (χ1n) is 13.7. The van der Waals surface area contributed by atoms with E-state index in [0.717, 1.165) is 12.0 Å². The number of benzene rings is 2. The molecule has 0 radical (unpaired) electrons. The fourth-order valence-electron chi connectivity index (χ4n) is 3.93. The minimum atomic E-state index is -4.80. The number of fused-ring (bicyclic) bond motifs is 1. The van der Waals surface area contributed by atoms with Crippen molar-refractivity contribution < 1.29 is 22.0 Å². The molecule has 0 aliphatic carbocycles. The predicted molar refractivity (Wildman–Crippen MR) is 152 cm³/mol. The summed E-state index contributed by atoms with van der Waals surface area (Å²) in [4.78, 5) is 0. The lowest BCUT2D eigenvalue weighted by Crippen LogP contribution is -2.15. The number of aromatic nitrogens is 2. The van der Waals surface area contributed by atoms with Crippen molar-refractivity contribution in [3.8, 4) is 0 Å². The zero-order valence-corrected chi connectivity index (χ0v) is 24.4. The van der Waals surface area contributed by atoms with Gasteiger partial charge in [-0.25, -0.2) is 8.78 Å². The number of rotatable bonds is 9. The van der Waals surface area contributed by atoms with Gasteiger partial charge in [0.15, 0.2) is 5.82 Å². The molecule has 0 saturated carbocycles. The maximum atomic E-state index is 14.4. The molecule has 0 spiro atoms. The average Bonchev–Trinajstić information content (AvgIpc) is 2.91. The van der Waals surface area contributed by atoms with Crippen LogP contribution in [0.4, 0.5) is 33.5 Å². The molecular weight excluding hydrogens is 511 g/mol. The molecule has 3 rings (SSSR count). The molecular formula is C30H43F5N4. The average molecular weight is 555 g/mol. The van der Waals surface area contributed by atoms with Crippen LogP contribution in [0.15, 0.2) is 30.3 Å². The fraction of sp³-hybridized carbons (Fsp3) is 0.533. The lowest BCUT2D eigenvalue weighted by molar-refractivity contribution is -0.140. The molecule has 1 unspecified atom stereocenters. The van der Waals surface area contributed by atoms with Crippen LogP contribution in [0.5, 0.6) is 0 Å².